The summed E-state index contributed by atoms with van der Waals surface area (Å²) in [4.78, 5) is 37.2. The highest BCUT2D eigenvalue weighted by molar-refractivity contribution is 5.91. The summed E-state index contributed by atoms with van der Waals surface area (Å²) < 4.78 is 5.07. The van der Waals surface area contributed by atoms with Crippen molar-refractivity contribution in [2.75, 3.05) is 13.7 Å². The number of methoxy groups -OCH3 is 1. The van der Waals surface area contributed by atoms with Crippen LogP contribution in [0.15, 0.2) is 12.2 Å². The third kappa shape index (κ3) is 10.9. The molecule has 190 valence electrons. The molecule has 4 N–H and O–H groups in total. The standard InChI is InChI=1S/C25H43NO7/c1-16(24(32)26-15-18(27)14-17-9-7-6-8-10-17)13-20(29)23(33-5)22(31)21(30)19(28)11-12-25(2,3)4/h11-12,16-17,19,21-23,28,30-31H,6-10,13-15H2,1-5H3,(H,26,32)/b12-11+/t16-,19-,21+,22-,23+/m1/s1. The van der Waals surface area contributed by atoms with Crippen LogP contribution in [0.1, 0.15) is 72.6 Å². The number of carbonyl (C=O) groups is 3. The number of nitrogens with one attached hydrogen (secondary N) is 1. The molecule has 5 atom stereocenters. The number of carbonyl (C=O) groups excluding carboxylic acids is 3. The molecule has 0 bridgehead atoms. The van der Waals surface area contributed by atoms with Gasteiger partial charge in [0, 0.05) is 25.9 Å². The van der Waals surface area contributed by atoms with Gasteiger partial charge in [-0.05, 0) is 11.3 Å². The quantitative estimate of drug-likeness (QED) is 0.303. The molecule has 0 aromatic heterocycles. The highest BCUT2D eigenvalue weighted by Crippen LogP contribution is 2.26. The van der Waals surface area contributed by atoms with Crippen molar-refractivity contribution in [3.05, 3.63) is 12.2 Å². The summed E-state index contributed by atoms with van der Waals surface area (Å²) in [5.41, 5.74) is -0.233. The first-order chi connectivity index (χ1) is 15.4. The first-order valence-corrected chi connectivity index (χ1v) is 11.9. The number of aliphatic hydroxyl groups is 3. The van der Waals surface area contributed by atoms with Gasteiger partial charge in [0.1, 0.15) is 24.4 Å². The SMILES string of the molecule is CO[C@@H](C(=O)C[C@@H](C)C(=O)NCC(=O)CC1CCCCC1)[C@H](O)[C@@H](O)[C@H](O)/C=C/C(C)(C)C. The van der Waals surface area contributed by atoms with Crippen LogP contribution in [0, 0.1) is 17.3 Å². The van der Waals surface area contributed by atoms with E-state index in [1.54, 1.807) is 13.0 Å². The van der Waals surface area contributed by atoms with E-state index < -0.39 is 42.0 Å². The zero-order valence-corrected chi connectivity index (χ0v) is 20.8. The Bertz CT molecular complexity index is 664. The molecule has 0 radical (unpaired) electrons. The number of ketones is 2. The summed E-state index contributed by atoms with van der Waals surface area (Å²) in [5, 5.41) is 33.4. The molecular formula is C25H43NO7. The molecule has 8 nitrogen and oxygen atoms in total. The van der Waals surface area contributed by atoms with Gasteiger partial charge in [-0.25, -0.2) is 0 Å². The average Bonchev–Trinajstić information content (AvgIpc) is 2.75. The van der Waals surface area contributed by atoms with Crippen LogP contribution in [0.4, 0.5) is 0 Å². The van der Waals surface area contributed by atoms with E-state index in [4.69, 9.17) is 4.74 Å². The van der Waals surface area contributed by atoms with E-state index >= 15 is 0 Å². The van der Waals surface area contributed by atoms with E-state index in [9.17, 15) is 29.7 Å². The first-order valence-electron chi connectivity index (χ1n) is 11.9. The van der Waals surface area contributed by atoms with Crippen molar-refractivity contribution in [2.24, 2.45) is 17.3 Å². The molecular weight excluding hydrogens is 426 g/mol. The minimum atomic E-state index is -1.67. The van der Waals surface area contributed by atoms with Gasteiger partial charge in [-0.15, -0.1) is 0 Å². The lowest BCUT2D eigenvalue weighted by molar-refractivity contribution is -0.149. The summed E-state index contributed by atoms with van der Waals surface area (Å²) in [5.74, 6) is -1.37. The van der Waals surface area contributed by atoms with Gasteiger partial charge >= 0.3 is 0 Å². The molecule has 0 aromatic carbocycles. The third-order valence-corrected chi connectivity index (χ3v) is 6.03. The maximum Gasteiger partial charge on any atom is 0.223 e. The molecule has 0 unspecified atom stereocenters. The molecule has 1 aliphatic carbocycles. The van der Waals surface area contributed by atoms with Gasteiger partial charge in [0.15, 0.2) is 11.6 Å². The van der Waals surface area contributed by atoms with Crippen LogP contribution in [-0.2, 0) is 19.1 Å². The highest BCUT2D eigenvalue weighted by Gasteiger charge is 2.36. The van der Waals surface area contributed by atoms with Crippen molar-refractivity contribution in [1.82, 2.24) is 5.32 Å². The zero-order chi connectivity index (χ0) is 25.2. The zero-order valence-electron chi connectivity index (χ0n) is 20.8. The Hall–Kier alpha value is -1.61. The number of aliphatic hydroxyl groups excluding tert-OH is 3. The summed E-state index contributed by atoms with van der Waals surface area (Å²) in [6.45, 7) is 7.23. The van der Waals surface area contributed by atoms with Gasteiger partial charge in [0.2, 0.25) is 5.91 Å². The molecule has 1 amide bonds. The Morgan fingerprint density at radius 1 is 1.06 bits per heavy atom. The smallest absolute Gasteiger partial charge is 0.223 e. The molecule has 33 heavy (non-hydrogen) atoms. The second-order valence-electron chi connectivity index (χ2n) is 10.4. The fourth-order valence-electron chi connectivity index (χ4n) is 4.00. The van der Waals surface area contributed by atoms with Crippen LogP contribution in [0.2, 0.25) is 0 Å². The number of hydrogen-bond acceptors (Lipinski definition) is 7. The van der Waals surface area contributed by atoms with Crippen molar-refractivity contribution < 1.29 is 34.4 Å². The van der Waals surface area contributed by atoms with E-state index in [2.05, 4.69) is 5.32 Å². The average molecular weight is 470 g/mol. The number of Topliss-reactive ketones (excluding diaryl/α,β-unsaturated/α-hetero) is 2. The van der Waals surface area contributed by atoms with Gasteiger partial charge < -0.3 is 25.4 Å². The Morgan fingerprint density at radius 3 is 2.21 bits per heavy atom. The second-order valence-corrected chi connectivity index (χ2v) is 10.4. The van der Waals surface area contributed by atoms with Crippen molar-refractivity contribution in [3.63, 3.8) is 0 Å². The lowest BCUT2D eigenvalue weighted by atomic mass is 9.86. The molecule has 0 aromatic rings. The molecule has 0 aliphatic heterocycles. The number of allylic oxidation sites excluding steroid dienone is 1. The van der Waals surface area contributed by atoms with Crippen LogP contribution in [0.25, 0.3) is 0 Å². The maximum absolute atomic E-state index is 12.6. The number of hydrogen-bond donors (Lipinski definition) is 4. The van der Waals surface area contributed by atoms with E-state index in [0.29, 0.717) is 12.3 Å². The maximum atomic E-state index is 12.6. The van der Waals surface area contributed by atoms with Crippen LogP contribution in [-0.4, -0.2) is 70.9 Å². The predicted molar refractivity (Wildman–Crippen MR) is 125 cm³/mol. The van der Waals surface area contributed by atoms with E-state index in [-0.39, 0.29) is 24.2 Å². The number of amides is 1. The van der Waals surface area contributed by atoms with Crippen LogP contribution in [0.5, 0.6) is 0 Å². The molecule has 0 heterocycles. The van der Waals surface area contributed by atoms with Gasteiger partial charge in [-0.3, -0.25) is 14.4 Å². The lowest BCUT2D eigenvalue weighted by Crippen LogP contribution is -2.48. The molecule has 0 spiro atoms. The van der Waals surface area contributed by atoms with Gasteiger partial charge in [0.05, 0.1) is 6.54 Å². The lowest BCUT2D eigenvalue weighted by Gasteiger charge is -2.27. The van der Waals surface area contributed by atoms with Crippen LogP contribution >= 0.6 is 0 Å². The van der Waals surface area contributed by atoms with Crippen molar-refractivity contribution in [2.45, 2.75) is 97.1 Å². The summed E-state index contributed by atoms with van der Waals surface area (Å²) >= 11 is 0. The van der Waals surface area contributed by atoms with E-state index in [0.717, 1.165) is 25.7 Å². The fourth-order valence-corrected chi connectivity index (χ4v) is 4.00. The molecule has 1 saturated carbocycles. The van der Waals surface area contributed by atoms with Gasteiger partial charge in [-0.1, -0.05) is 72.0 Å². The normalized spacial score (nSPS) is 20.1. The summed E-state index contributed by atoms with van der Waals surface area (Å²) in [6.07, 6.45) is 2.81. The molecule has 0 saturated heterocycles. The highest BCUT2D eigenvalue weighted by atomic mass is 16.5. The Morgan fingerprint density at radius 2 is 1.67 bits per heavy atom. The molecule has 1 rings (SSSR count). The molecule has 1 fully saturated rings. The number of rotatable bonds is 13. The predicted octanol–water partition coefficient (Wildman–Crippen LogP) is 1.94. The van der Waals surface area contributed by atoms with E-state index in [1.165, 1.54) is 19.6 Å². The Balaban J connectivity index is 2.54. The minimum absolute atomic E-state index is 0.0145. The largest absolute Gasteiger partial charge is 0.387 e. The topological polar surface area (TPSA) is 133 Å². The second kappa shape index (κ2) is 13.9. The van der Waals surface area contributed by atoms with Gasteiger partial charge in [-0.2, -0.15) is 0 Å². The molecule has 1 aliphatic rings. The van der Waals surface area contributed by atoms with Crippen molar-refractivity contribution >= 4 is 17.5 Å². The Labute approximate surface area is 197 Å². The summed E-state index contributed by atoms with van der Waals surface area (Å²) in [7, 11) is 1.21. The van der Waals surface area contributed by atoms with Crippen molar-refractivity contribution in [1.29, 1.82) is 0 Å². The minimum Gasteiger partial charge on any atom is -0.387 e. The van der Waals surface area contributed by atoms with Crippen molar-refractivity contribution in [3.8, 4) is 0 Å². The summed E-state index contributed by atoms with van der Waals surface area (Å²) in [6, 6.07) is 0. The van der Waals surface area contributed by atoms with Gasteiger partial charge in [0.25, 0.3) is 0 Å². The molecule has 8 heteroatoms. The number of ether oxygens (including phenoxy) is 1. The Kier molecular flexibility index (Phi) is 12.4. The third-order valence-electron chi connectivity index (χ3n) is 6.03. The monoisotopic (exact) mass is 469 g/mol. The fraction of sp³-hybridized carbons (Fsp3) is 0.800. The first kappa shape index (κ1) is 29.4. The van der Waals surface area contributed by atoms with E-state index in [1.807, 2.05) is 20.8 Å². The van der Waals surface area contributed by atoms with Crippen LogP contribution in [0.3, 0.4) is 0 Å². The van der Waals surface area contributed by atoms with Crippen LogP contribution < -0.4 is 5.32 Å².